The Morgan fingerprint density at radius 2 is 2.00 bits per heavy atom. The number of rotatable bonds is 3. The highest BCUT2D eigenvalue weighted by atomic mass is 16.5. The van der Waals surface area contributed by atoms with E-state index in [1.807, 2.05) is 0 Å². The highest BCUT2D eigenvalue weighted by molar-refractivity contribution is 5.66. The second-order valence-corrected chi connectivity index (χ2v) is 2.23. The van der Waals surface area contributed by atoms with Crippen LogP contribution in [0.15, 0.2) is 24.3 Å². The number of anilines is 1. The van der Waals surface area contributed by atoms with Crippen molar-refractivity contribution < 1.29 is 14.6 Å². The van der Waals surface area contributed by atoms with Gasteiger partial charge in [-0.25, -0.2) is 0 Å². The van der Waals surface area contributed by atoms with Crippen molar-refractivity contribution in [1.29, 1.82) is 0 Å². The molecular formula is C8H8NO3-. The van der Waals surface area contributed by atoms with Gasteiger partial charge in [-0.1, -0.05) is 0 Å². The Balaban J connectivity index is 2.53. The minimum Gasteiger partial charge on any atom is -0.546 e. The third-order valence-corrected chi connectivity index (χ3v) is 1.24. The van der Waals surface area contributed by atoms with Gasteiger partial charge in [0.05, 0.1) is 5.97 Å². The standard InChI is InChI=1S/C8H9NO3/c9-6-1-3-7(4-2-6)12-5-8(10)11/h1-4H,5,9H2,(H,10,11)/p-1. The molecule has 0 aliphatic carbocycles. The molecule has 0 saturated carbocycles. The van der Waals surface area contributed by atoms with Gasteiger partial charge in [-0.2, -0.15) is 0 Å². The number of aliphatic carboxylic acids is 1. The first-order chi connectivity index (χ1) is 5.68. The van der Waals surface area contributed by atoms with Gasteiger partial charge < -0.3 is 20.4 Å². The van der Waals surface area contributed by atoms with Gasteiger partial charge >= 0.3 is 0 Å². The molecule has 0 heterocycles. The maximum absolute atomic E-state index is 9.98. The van der Waals surface area contributed by atoms with Crippen LogP contribution in [0, 0.1) is 0 Å². The minimum atomic E-state index is -1.24. The number of carbonyl (C=O) groups excluding carboxylic acids is 1. The zero-order valence-electron chi connectivity index (χ0n) is 6.32. The molecular weight excluding hydrogens is 158 g/mol. The maximum Gasteiger partial charge on any atom is 0.128 e. The molecule has 0 aliphatic heterocycles. The average Bonchev–Trinajstić information content (AvgIpc) is 2.03. The SMILES string of the molecule is Nc1ccc(OCC(=O)[O-])cc1. The summed E-state index contributed by atoms with van der Waals surface area (Å²) in [5.41, 5.74) is 6.01. The topological polar surface area (TPSA) is 75.4 Å². The zero-order valence-corrected chi connectivity index (χ0v) is 6.32. The van der Waals surface area contributed by atoms with Gasteiger partial charge in [-0.15, -0.1) is 0 Å². The van der Waals surface area contributed by atoms with Gasteiger partial charge in [0.25, 0.3) is 0 Å². The van der Waals surface area contributed by atoms with E-state index in [0.29, 0.717) is 11.4 Å². The van der Waals surface area contributed by atoms with Crippen LogP contribution in [0.1, 0.15) is 0 Å². The van der Waals surface area contributed by atoms with Gasteiger partial charge in [0.2, 0.25) is 0 Å². The van der Waals surface area contributed by atoms with Crippen molar-refractivity contribution in [2.24, 2.45) is 0 Å². The van der Waals surface area contributed by atoms with Gasteiger partial charge in [-0.3, -0.25) is 0 Å². The molecule has 2 N–H and O–H groups in total. The Kier molecular flexibility index (Phi) is 2.53. The predicted octanol–water partition coefficient (Wildman–Crippen LogP) is -0.603. The Labute approximate surface area is 69.6 Å². The number of hydrogen-bond donors (Lipinski definition) is 1. The Morgan fingerprint density at radius 1 is 1.42 bits per heavy atom. The van der Waals surface area contributed by atoms with Gasteiger partial charge in [0.15, 0.2) is 0 Å². The van der Waals surface area contributed by atoms with E-state index in [4.69, 9.17) is 10.5 Å². The molecule has 1 aromatic carbocycles. The summed E-state index contributed by atoms with van der Waals surface area (Å²) in [6.45, 7) is -0.441. The molecule has 0 aliphatic rings. The van der Waals surface area contributed by atoms with Gasteiger partial charge in [0.1, 0.15) is 12.4 Å². The molecule has 0 unspecified atom stereocenters. The summed E-state index contributed by atoms with van der Waals surface area (Å²) in [5.74, 6) is -0.778. The first-order valence-corrected chi connectivity index (χ1v) is 3.36. The van der Waals surface area contributed by atoms with Crippen LogP contribution in [0.2, 0.25) is 0 Å². The molecule has 64 valence electrons. The first-order valence-electron chi connectivity index (χ1n) is 3.36. The van der Waals surface area contributed by atoms with Crippen molar-refractivity contribution in [2.75, 3.05) is 12.3 Å². The number of carboxylic acids is 1. The molecule has 4 heteroatoms. The van der Waals surface area contributed by atoms with E-state index in [9.17, 15) is 9.90 Å². The average molecular weight is 166 g/mol. The van der Waals surface area contributed by atoms with E-state index in [0.717, 1.165) is 0 Å². The molecule has 0 radical (unpaired) electrons. The predicted molar refractivity (Wildman–Crippen MR) is 41.4 cm³/mol. The van der Waals surface area contributed by atoms with Gasteiger partial charge in [-0.05, 0) is 24.3 Å². The lowest BCUT2D eigenvalue weighted by molar-refractivity contribution is -0.307. The number of carbonyl (C=O) groups is 1. The van der Waals surface area contributed by atoms with Crippen molar-refractivity contribution in [3.05, 3.63) is 24.3 Å². The summed E-state index contributed by atoms with van der Waals surface area (Å²) < 4.78 is 4.80. The number of nitrogen functional groups attached to an aromatic ring is 1. The molecule has 4 nitrogen and oxygen atoms in total. The van der Waals surface area contributed by atoms with Crippen LogP contribution in [0.4, 0.5) is 5.69 Å². The highest BCUT2D eigenvalue weighted by Crippen LogP contribution is 2.12. The lowest BCUT2D eigenvalue weighted by Crippen LogP contribution is -2.28. The maximum atomic E-state index is 9.98. The number of carboxylic acid groups (broad SMARTS) is 1. The Morgan fingerprint density at radius 3 is 2.50 bits per heavy atom. The number of hydrogen-bond acceptors (Lipinski definition) is 4. The molecule has 0 bridgehead atoms. The Hall–Kier alpha value is -1.71. The normalized spacial score (nSPS) is 9.33. The fraction of sp³-hybridized carbons (Fsp3) is 0.125. The number of nitrogens with two attached hydrogens (primary N) is 1. The van der Waals surface area contributed by atoms with E-state index in [-0.39, 0.29) is 0 Å². The molecule has 0 spiro atoms. The van der Waals surface area contributed by atoms with Crippen LogP contribution in [0.5, 0.6) is 5.75 Å². The fourth-order valence-electron chi connectivity index (χ4n) is 0.706. The summed E-state index contributed by atoms with van der Waals surface area (Å²) in [4.78, 5) is 9.98. The summed E-state index contributed by atoms with van der Waals surface area (Å²) in [6, 6.07) is 6.45. The smallest absolute Gasteiger partial charge is 0.128 e. The van der Waals surface area contributed by atoms with Crippen molar-refractivity contribution in [1.82, 2.24) is 0 Å². The summed E-state index contributed by atoms with van der Waals surface area (Å²) >= 11 is 0. The summed E-state index contributed by atoms with van der Waals surface area (Å²) in [5, 5.41) is 9.98. The molecule has 0 amide bonds. The van der Waals surface area contributed by atoms with E-state index >= 15 is 0 Å². The van der Waals surface area contributed by atoms with Gasteiger partial charge in [0, 0.05) is 5.69 Å². The van der Waals surface area contributed by atoms with Crippen LogP contribution >= 0.6 is 0 Å². The highest BCUT2D eigenvalue weighted by Gasteiger charge is 1.91. The zero-order chi connectivity index (χ0) is 8.97. The first kappa shape index (κ1) is 8.39. The lowest BCUT2D eigenvalue weighted by atomic mass is 10.3. The van der Waals surface area contributed by atoms with E-state index in [1.54, 1.807) is 24.3 Å². The third kappa shape index (κ3) is 2.49. The van der Waals surface area contributed by atoms with Crippen LogP contribution in [0.3, 0.4) is 0 Å². The van der Waals surface area contributed by atoms with Crippen molar-refractivity contribution >= 4 is 11.7 Å². The Bertz CT molecular complexity index is 268. The molecule has 0 atom stereocenters. The molecule has 1 rings (SSSR count). The largest absolute Gasteiger partial charge is 0.546 e. The van der Waals surface area contributed by atoms with Crippen molar-refractivity contribution in [2.45, 2.75) is 0 Å². The third-order valence-electron chi connectivity index (χ3n) is 1.24. The van der Waals surface area contributed by atoms with Crippen LogP contribution in [-0.2, 0) is 4.79 Å². The lowest BCUT2D eigenvalue weighted by Gasteiger charge is -2.05. The van der Waals surface area contributed by atoms with Crippen molar-refractivity contribution in [3.8, 4) is 5.75 Å². The minimum absolute atomic E-state index is 0.441. The summed E-state index contributed by atoms with van der Waals surface area (Å²) in [6.07, 6.45) is 0. The second kappa shape index (κ2) is 3.61. The van der Waals surface area contributed by atoms with Crippen LogP contribution < -0.4 is 15.6 Å². The molecule has 0 saturated heterocycles. The number of ether oxygens (including phenoxy) is 1. The monoisotopic (exact) mass is 166 g/mol. The van der Waals surface area contributed by atoms with E-state index < -0.39 is 12.6 Å². The molecule has 0 fully saturated rings. The van der Waals surface area contributed by atoms with E-state index in [2.05, 4.69) is 0 Å². The van der Waals surface area contributed by atoms with Crippen molar-refractivity contribution in [3.63, 3.8) is 0 Å². The summed E-state index contributed by atoms with van der Waals surface area (Å²) in [7, 11) is 0. The molecule has 12 heavy (non-hydrogen) atoms. The molecule has 1 aromatic rings. The van der Waals surface area contributed by atoms with Crippen LogP contribution in [-0.4, -0.2) is 12.6 Å². The quantitative estimate of drug-likeness (QED) is 0.608. The fourth-order valence-corrected chi connectivity index (χ4v) is 0.706. The molecule has 0 aromatic heterocycles. The number of benzene rings is 1. The second-order valence-electron chi connectivity index (χ2n) is 2.23. The van der Waals surface area contributed by atoms with Crippen LogP contribution in [0.25, 0.3) is 0 Å². The van der Waals surface area contributed by atoms with E-state index in [1.165, 1.54) is 0 Å².